The van der Waals surface area contributed by atoms with E-state index >= 15 is 0 Å². The average molecular weight is 188 g/mol. The van der Waals surface area contributed by atoms with Gasteiger partial charge in [0.15, 0.2) is 0 Å². The number of nitrogens with zero attached hydrogens (tertiary/aromatic N) is 1. The molecule has 0 aromatic carbocycles. The van der Waals surface area contributed by atoms with Crippen LogP contribution in [-0.4, -0.2) is 43.3 Å². The summed E-state index contributed by atoms with van der Waals surface area (Å²) < 4.78 is 0. The van der Waals surface area contributed by atoms with Gasteiger partial charge in [0.1, 0.15) is 0 Å². The second kappa shape index (κ2) is 5.58. The first kappa shape index (κ1) is 12.9. The Morgan fingerprint density at radius 3 is 2.38 bits per heavy atom. The largest absolute Gasteiger partial charge is 0.396 e. The zero-order chi connectivity index (χ0) is 10.5. The fourth-order valence-corrected chi connectivity index (χ4v) is 1.45. The van der Waals surface area contributed by atoms with Gasteiger partial charge in [-0.1, -0.05) is 20.8 Å². The normalized spacial score (nSPS) is 15.0. The Balaban J connectivity index is 3.79. The van der Waals surface area contributed by atoms with Crippen LogP contribution in [0.3, 0.4) is 0 Å². The van der Waals surface area contributed by atoms with Gasteiger partial charge in [-0.2, -0.15) is 0 Å². The molecule has 0 fully saturated rings. The lowest BCUT2D eigenvalue weighted by Gasteiger charge is -2.30. The molecular formula is C10H24N2O. The highest BCUT2D eigenvalue weighted by Crippen LogP contribution is 2.14. The highest BCUT2D eigenvalue weighted by molar-refractivity contribution is 4.73. The van der Waals surface area contributed by atoms with Crippen LogP contribution in [0.2, 0.25) is 0 Å². The quantitative estimate of drug-likeness (QED) is 0.639. The van der Waals surface area contributed by atoms with Crippen LogP contribution in [0.15, 0.2) is 0 Å². The lowest BCUT2D eigenvalue weighted by molar-refractivity contribution is 0.157. The van der Waals surface area contributed by atoms with E-state index in [1.54, 1.807) is 0 Å². The summed E-state index contributed by atoms with van der Waals surface area (Å²) in [5.74, 6) is 0.346. The molecule has 0 aliphatic rings. The molecule has 0 saturated heterocycles. The summed E-state index contributed by atoms with van der Waals surface area (Å²) in [6, 6.07) is 0. The van der Waals surface area contributed by atoms with Crippen molar-refractivity contribution in [1.29, 1.82) is 0 Å². The Labute approximate surface area is 81.9 Å². The molecule has 0 bridgehead atoms. The van der Waals surface area contributed by atoms with E-state index in [1.807, 2.05) is 6.92 Å². The van der Waals surface area contributed by atoms with Crippen molar-refractivity contribution >= 4 is 0 Å². The first-order chi connectivity index (χ1) is 5.91. The van der Waals surface area contributed by atoms with Crippen LogP contribution >= 0.6 is 0 Å². The molecular weight excluding hydrogens is 164 g/mol. The third kappa shape index (κ3) is 6.02. The van der Waals surface area contributed by atoms with Crippen molar-refractivity contribution in [2.24, 2.45) is 17.1 Å². The molecule has 3 N–H and O–H groups in total. The third-order valence-electron chi connectivity index (χ3n) is 2.19. The number of rotatable bonds is 6. The molecule has 3 heteroatoms. The molecule has 0 amide bonds. The first-order valence-electron chi connectivity index (χ1n) is 4.91. The number of aliphatic hydroxyl groups excluding tert-OH is 1. The summed E-state index contributed by atoms with van der Waals surface area (Å²) >= 11 is 0. The Kier molecular flexibility index (Phi) is 5.53. The Morgan fingerprint density at radius 2 is 2.00 bits per heavy atom. The van der Waals surface area contributed by atoms with Gasteiger partial charge < -0.3 is 15.7 Å². The van der Waals surface area contributed by atoms with Crippen molar-refractivity contribution in [3.8, 4) is 0 Å². The highest BCUT2D eigenvalue weighted by Gasteiger charge is 2.18. The van der Waals surface area contributed by atoms with E-state index < -0.39 is 0 Å². The van der Waals surface area contributed by atoms with Gasteiger partial charge in [-0.25, -0.2) is 0 Å². The van der Waals surface area contributed by atoms with Crippen molar-refractivity contribution in [2.45, 2.75) is 20.8 Å². The van der Waals surface area contributed by atoms with E-state index in [4.69, 9.17) is 10.8 Å². The number of nitrogens with two attached hydrogens (primary N) is 1. The van der Waals surface area contributed by atoms with E-state index in [9.17, 15) is 0 Å². The molecule has 0 aliphatic carbocycles. The summed E-state index contributed by atoms with van der Waals surface area (Å²) in [6.07, 6.45) is 0. The molecule has 0 rings (SSSR count). The molecule has 1 atom stereocenters. The standard InChI is InChI=1S/C10H24N2O/c1-9(6-13)5-12(4)8-10(2,3)7-11/h9,13H,5-8,11H2,1-4H3. The summed E-state index contributed by atoms with van der Waals surface area (Å²) in [4.78, 5) is 2.23. The molecule has 0 aliphatic heterocycles. The van der Waals surface area contributed by atoms with Gasteiger partial charge in [0.25, 0.3) is 0 Å². The maximum absolute atomic E-state index is 8.89. The van der Waals surface area contributed by atoms with Gasteiger partial charge in [-0.15, -0.1) is 0 Å². The van der Waals surface area contributed by atoms with Gasteiger partial charge >= 0.3 is 0 Å². The zero-order valence-electron chi connectivity index (χ0n) is 9.38. The summed E-state index contributed by atoms with van der Waals surface area (Å²) in [6.45, 7) is 9.23. The number of aliphatic hydroxyl groups is 1. The molecule has 0 heterocycles. The van der Waals surface area contributed by atoms with E-state index in [-0.39, 0.29) is 12.0 Å². The molecule has 80 valence electrons. The average Bonchev–Trinajstić information content (AvgIpc) is 2.03. The zero-order valence-corrected chi connectivity index (χ0v) is 9.38. The Bertz CT molecular complexity index is 137. The van der Waals surface area contributed by atoms with Gasteiger partial charge in [0.05, 0.1) is 0 Å². The van der Waals surface area contributed by atoms with Crippen molar-refractivity contribution in [2.75, 3.05) is 33.3 Å². The minimum absolute atomic E-state index is 0.171. The van der Waals surface area contributed by atoms with Gasteiger partial charge in [-0.05, 0) is 24.9 Å². The van der Waals surface area contributed by atoms with Crippen molar-refractivity contribution in [1.82, 2.24) is 4.90 Å². The molecule has 0 saturated carbocycles. The fourth-order valence-electron chi connectivity index (χ4n) is 1.45. The van der Waals surface area contributed by atoms with Crippen LogP contribution in [0.1, 0.15) is 20.8 Å². The second-order valence-electron chi connectivity index (χ2n) is 4.85. The van der Waals surface area contributed by atoms with Crippen LogP contribution in [0, 0.1) is 11.3 Å². The van der Waals surface area contributed by atoms with Crippen molar-refractivity contribution < 1.29 is 5.11 Å². The van der Waals surface area contributed by atoms with Gasteiger partial charge in [0.2, 0.25) is 0 Å². The van der Waals surface area contributed by atoms with E-state index in [0.717, 1.165) is 13.1 Å². The minimum atomic E-state index is 0.171. The smallest absolute Gasteiger partial charge is 0.0468 e. The molecule has 0 radical (unpaired) electrons. The second-order valence-corrected chi connectivity index (χ2v) is 4.85. The maximum atomic E-state index is 8.89. The predicted octanol–water partition coefficient (Wildman–Crippen LogP) is 0.531. The summed E-state index contributed by atoms with van der Waals surface area (Å²) in [5, 5.41) is 8.89. The Hall–Kier alpha value is -0.120. The molecule has 13 heavy (non-hydrogen) atoms. The Morgan fingerprint density at radius 1 is 1.46 bits per heavy atom. The van der Waals surface area contributed by atoms with Crippen molar-refractivity contribution in [3.05, 3.63) is 0 Å². The van der Waals surface area contributed by atoms with Gasteiger partial charge in [-0.3, -0.25) is 0 Å². The fraction of sp³-hybridized carbons (Fsp3) is 1.00. The topological polar surface area (TPSA) is 49.5 Å². The molecule has 1 unspecified atom stereocenters. The summed E-state index contributed by atoms with van der Waals surface area (Å²) in [7, 11) is 2.07. The highest BCUT2D eigenvalue weighted by atomic mass is 16.3. The SMILES string of the molecule is CC(CO)CN(C)CC(C)(C)CN. The lowest BCUT2D eigenvalue weighted by Crippen LogP contribution is -2.38. The van der Waals surface area contributed by atoms with E-state index in [0.29, 0.717) is 12.5 Å². The number of hydrogen-bond donors (Lipinski definition) is 2. The van der Waals surface area contributed by atoms with E-state index in [1.165, 1.54) is 0 Å². The minimum Gasteiger partial charge on any atom is -0.396 e. The first-order valence-corrected chi connectivity index (χ1v) is 4.91. The van der Waals surface area contributed by atoms with Gasteiger partial charge in [0, 0.05) is 19.7 Å². The molecule has 0 spiro atoms. The van der Waals surface area contributed by atoms with Crippen molar-refractivity contribution in [3.63, 3.8) is 0 Å². The lowest BCUT2D eigenvalue weighted by atomic mass is 9.93. The van der Waals surface area contributed by atoms with E-state index in [2.05, 4.69) is 25.8 Å². The number of hydrogen-bond acceptors (Lipinski definition) is 3. The van der Waals surface area contributed by atoms with Crippen LogP contribution in [0.4, 0.5) is 0 Å². The summed E-state index contributed by atoms with van der Waals surface area (Å²) in [5.41, 5.74) is 5.81. The van der Waals surface area contributed by atoms with Crippen LogP contribution < -0.4 is 5.73 Å². The predicted molar refractivity (Wildman–Crippen MR) is 56.6 cm³/mol. The van der Waals surface area contributed by atoms with Crippen LogP contribution in [-0.2, 0) is 0 Å². The molecule has 3 nitrogen and oxygen atoms in total. The molecule has 0 aromatic rings. The van der Waals surface area contributed by atoms with Crippen LogP contribution in [0.5, 0.6) is 0 Å². The monoisotopic (exact) mass is 188 g/mol. The molecule has 0 aromatic heterocycles. The van der Waals surface area contributed by atoms with Crippen LogP contribution in [0.25, 0.3) is 0 Å². The third-order valence-corrected chi connectivity index (χ3v) is 2.19. The maximum Gasteiger partial charge on any atom is 0.0468 e.